The molecular weight excluding hydrogens is 536 g/mol. The molecule has 0 saturated heterocycles. The van der Waals surface area contributed by atoms with E-state index in [1.54, 1.807) is 18.2 Å². The van der Waals surface area contributed by atoms with Crippen molar-refractivity contribution in [2.75, 3.05) is 24.6 Å². The first-order chi connectivity index (χ1) is 18.8. The number of hydrogen-bond donors (Lipinski definition) is 2. The van der Waals surface area contributed by atoms with Gasteiger partial charge in [0.2, 0.25) is 10.0 Å². The number of sulfonamides is 1. The third-order valence-corrected chi connectivity index (χ3v) is 10.4. The summed E-state index contributed by atoms with van der Waals surface area (Å²) in [5.74, 6) is 1.09. The molecule has 0 spiro atoms. The number of fused-ring (bicyclic) bond motifs is 3. The molecule has 0 radical (unpaired) electrons. The predicted molar refractivity (Wildman–Crippen MR) is 154 cm³/mol. The maximum atomic E-state index is 13.2. The predicted octanol–water partition coefficient (Wildman–Crippen LogP) is 5.25. The number of allylic oxidation sites excluding steroid dienone is 2. The number of carbonyl (C=O) groups excluding carboxylic acids is 1. The standard InChI is InChI=1S/C30H37ClN2O5S/c31-26-13-11-25-20-38-29-14-12-23-17-28(29)33(15-5-4-7-22(25)16-26)18-24-10-9-21(24)6-2-1-3-8-27(19-34)39(36,37)32-30(23)35/h1-2,11-14,16-17,21,24,27,34H,3-10,15,18-20H2,(H,32,35)/b2-1+/t21-,24+,27+/m1/s1. The van der Waals surface area contributed by atoms with Crippen molar-refractivity contribution >= 4 is 33.2 Å². The van der Waals surface area contributed by atoms with Crippen LogP contribution in [0.25, 0.3) is 0 Å². The van der Waals surface area contributed by atoms with E-state index >= 15 is 0 Å². The van der Waals surface area contributed by atoms with E-state index in [-0.39, 0.29) is 12.0 Å². The maximum Gasteiger partial charge on any atom is 0.264 e. The Morgan fingerprint density at radius 2 is 1.87 bits per heavy atom. The largest absolute Gasteiger partial charge is 0.487 e. The maximum absolute atomic E-state index is 13.2. The zero-order valence-corrected chi connectivity index (χ0v) is 23.7. The van der Waals surface area contributed by atoms with Crippen molar-refractivity contribution in [1.29, 1.82) is 0 Å². The van der Waals surface area contributed by atoms with Crippen LogP contribution in [0.1, 0.15) is 66.4 Å². The summed E-state index contributed by atoms with van der Waals surface area (Å²) in [5.41, 5.74) is 3.34. The zero-order valence-electron chi connectivity index (χ0n) is 22.1. The van der Waals surface area contributed by atoms with Gasteiger partial charge in [-0.05, 0) is 105 Å². The fraction of sp³-hybridized carbons (Fsp3) is 0.500. The first-order valence-electron chi connectivity index (χ1n) is 13.9. The van der Waals surface area contributed by atoms with E-state index < -0.39 is 27.8 Å². The second-order valence-corrected chi connectivity index (χ2v) is 13.3. The summed E-state index contributed by atoms with van der Waals surface area (Å²) in [5, 5.41) is 9.43. The van der Waals surface area contributed by atoms with Gasteiger partial charge in [-0.1, -0.05) is 29.8 Å². The summed E-state index contributed by atoms with van der Waals surface area (Å²) in [4.78, 5) is 15.5. The molecule has 7 nitrogen and oxygen atoms in total. The van der Waals surface area contributed by atoms with E-state index in [0.717, 1.165) is 50.0 Å². The molecule has 3 atom stereocenters. The van der Waals surface area contributed by atoms with Gasteiger partial charge in [0.15, 0.2) is 0 Å². The topological polar surface area (TPSA) is 95.9 Å². The van der Waals surface area contributed by atoms with Gasteiger partial charge in [-0.2, -0.15) is 0 Å². The van der Waals surface area contributed by atoms with Crippen LogP contribution in [0.5, 0.6) is 5.75 Å². The number of benzene rings is 2. The summed E-state index contributed by atoms with van der Waals surface area (Å²) >= 11 is 6.29. The molecule has 0 unspecified atom stereocenters. The van der Waals surface area contributed by atoms with Crippen LogP contribution in [0.4, 0.5) is 5.69 Å². The molecule has 1 aliphatic carbocycles. The minimum atomic E-state index is -4.05. The monoisotopic (exact) mass is 572 g/mol. The number of nitrogens with one attached hydrogen (secondary N) is 1. The van der Waals surface area contributed by atoms with Gasteiger partial charge in [0.25, 0.3) is 5.91 Å². The van der Waals surface area contributed by atoms with Crippen molar-refractivity contribution in [3.05, 3.63) is 70.3 Å². The highest BCUT2D eigenvalue weighted by molar-refractivity contribution is 7.90. The number of carbonyl (C=O) groups is 1. The normalized spacial score (nSPS) is 26.5. The molecule has 1 amide bonds. The van der Waals surface area contributed by atoms with Crippen LogP contribution >= 0.6 is 11.6 Å². The summed E-state index contributed by atoms with van der Waals surface area (Å²) in [6, 6.07) is 11.0. The minimum absolute atomic E-state index is 0.252. The van der Waals surface area contributed by atoms with E-state index in [1.165, 1.54) is 18.4 Å². The Balaban J connectivity index is 1.52. The molecule has 2 heterocycles. The lowest BCUT2D eigenvalue weighted by Crippen LogP contribution is -2.40. The summed E-state index contributed by atoms with van der Waals surface area (Å²) in [6.45, 7) is 1.51. The molecule has 2 bridgehead atoms. The molecule has 2 aromatic carbocycles. The molecular formula is C30H37ClN2O5S. The van der Waals surface area contributed by atoms with Gasteiger partial charge < -0.3 is 14.7 Å². The third kappa shape index (κ3) is 6.61. The highest BCUT2D eigenvalue weighted by Crippen LogP contribution is 2.40. The first kappa shape index (κ1) is 28.0. The number of hydrogen-bond acceptors (Lipinski definition) is 6. The second-order valence-electron chi connectivity index (χ2n) is 11.0. The number of rotatable bonds is 1. The number of aliphatic hydroxyl groups excluding tert-OH is 1. The van der Waals surface area contributed by atoms with Gasteiger partial charge in [-0.3, -0.25) is 4.79 Å². The van der Waals surface area contributed by atoms with Gasteiger partial charge in [0.1, 0.15) is 17.6 Å². The van der Waals surface area contributed by atoms with Crippen molar-refractivity contribution < 1.29 is 23.1 Å². The zero-order chi connectivity index (χ0) is 27.4. The second kappa shape index (κ2) is 12.3. The molecule has 1 saturated carbocycles. The average molecular weight is 573 g/mol. The molecule has 9 heteroatoms. The highest BCUT2D eigenvalue weighted by Gasteiger charge is 2.33. The van der Waals surface area contributed by atoms with Gasteiger partial charge in [-0.25, -0.2) is 13.1 Å². The van der Waals surface area contributed by atoms with E-state index in [9.17, 15) is 18.3 Å². The Labute approximate surface area is 236 Å². The molecule has 2 aromatic rings. The number of ether oxygens (including phenoxy) is 1. The smallest absolute Gasteiger partial charge is 0.264 e. The van der Waals surface area contributed by atoms with Crippen LogP contribution in [0.15, 0.2) is 48.6 Å². The van der Waals surface area contributed by atoms with Crippen LogP contribution < -0.4 is 14.4 Å². The first-order valence-corrected chi connectivity index (χ1v) is 15.9. The van der Waals surface area contributed by atoms with E-state index in [0.29, 0.717) is 35.6 Å². The lowest BCUT2D eigenvalue weighted by atomic mass is 9.71. The summed E-state index contributed by atoms with van der Waals surface area (Å²) in [7, 11) is -4.05. The fourth-order valence-electron chi connectivity index (χ4n) is 5.84. The van der Waals surface area contributed by atoms with Crippen molar-refractivity contribution in [3.63, 3.8) is 0 Å². The number of amides is 1. The summed E-state index contributed by atoms with van der Waals surface area (Å²) < 4.78 is 34.4. The Kier molecular flexibility index (Phi) is 8.84. The fourth-order valence-corrected chi connectivity index (χ4v) is 7.22. The molecule has 5 rings (SSSR count). The van der Waals surface area contributed by atoms with Crippen LogP contribution in [0, 0.1) is 11.8 Å². The molecule has 1 fully saturated rings. The molecule has 39 heavy (non-hydrogen) atoms. The third-order valence-electron chi connectivity index (χ3n) is 8.41. The Bertz CT molecular complexity index is 1330. The number of aliphatic hydroxyl groups is 1. The quantitative estimate of drug-likeness (QED) is 0.453. The van der Waals surface area contributed by atoms with Crippen molar-refractivity contribution in [3.8, 4) is 5.75 Å². The number of aryl methyl sites for hydroxylation is 1. The SMILES string of the molecule is O=C1NS(=O)(=O)[C@H](CO)CC/C=C/C[C@@H]2CC[C@H]2CN2CCCCc3cc(Cl)ccc3COc3ccc1cc32. The van der Waals surface area contributed by atoms with Gasteiger partial charge in [-0.15, -0.1) is 0 Å². The Hall–Kier alpha value is -2.55. The summed E-state index contributed by atoms with van der Waals surface area (Å²) in [6.07, 6.45) is 11.1. The van der Waals surface area contributed by atoms with E-state index in [4.69, 9.17) is 16.3 Å². The Morgan fingerprint density at radius 1 is 1.03 bits per heavy atom. The van der Waals surface area contributed by atoms with Gasteiger partial charge >= 0.3 is 0 Å². The molecule has 2 N–H and O–H groups in total. The number of nitrogens with zero attached hydrogens (tertiary/aromatic N) is 1. The molecule has 2 aliphatic heterocycles. The van der Waals surface area contributed by atoms with Crippen LogP contribution in [-0.4, -0.2) is 44.4 Å². The average Bonchev–Trinajstić information content (AvgIpc) is 2.92. The lowest BCUT2D eigenvalue weighted by molar-refractivity contribution is 0.0980. The van der Waals surface area contributed by atoms with Gasteiger partial charge in [0.05, 0.1) is 12.3 Å². The molecule has 0 aromatic heterocycles. The van der Waals surface area contributed by atoms with Crippen LogP contribution in [0.3, 0.4) is 0 Å². The molecule has 3 aliphatic rings. The van der Waals surface area contributed by atoms with E-state index in [2.05, 4.69) is 15.7 Å². The van der Waals surface area contributed by atoms with Crippen LogP contribution in [0.2, 0.25) is 5.02 Å². The number of anilines is 1. The minimum Gasteiger partial charge on any atom is -0.487 e. The van der Waals surface area contributed by atoms with Crippen molar-refractivity contribution in [2.24, 2.45) is 11.8 Å². The van der Waals surface area contributed by atoms with Crippen molar-refractivity contribution in [1.82, 2.24) is 4.72 Å². The van der Waals surface area contributed by atoms with E-state index in [1.807, 2.05) is 24.3 Å². The number of halogens is 1. The molecule has 210 valence electrons. The van der Waals surface area contributed by atoms with Crippen molar-refractivity contribution in [2.45, 2.75) is 63.2 Å². The Morgan fingerprint density at radius 3 is 2.67 bits per heavy atom. The highest BCUT2D eigenvalue weighted by atomic mass is 35.5. The van der Waals surface area contributed by atoms with Gasteiger partial charge in [0, 0.05) is 23.7 Å². The van der Waals surface area contributed by atoms with Crippen LogP contribution in [-0.2, 0) is 23.1 Å². The lowest BCUT2D eigenvalue weighted by Gasteiger charge is -2.41.